The van der Waals surface area contributed by atoms with Crippen LogP contribution in [-0.2, 0) is 0 Å². The Morgan fingerprint density at radius 1 is 1.30 bits per heavy atom. The van der Waals surface area contributed by atoms with Crippen molar-refractivity contribution in [2.75, 3.05) is 0 Å². The highest BCUT2D eigenvalue weighted by Gasteiger charge is 1.93. The van der Waals surface area contributed by atoms with Gasteiger partial charge in [-0.2, -0.15) is 0 Å². The lowest BCUT2D eigenvalue weighted by atomic mass is 10.3. The molecule has 49 valence electrons. The molecule has 0 spiro atoms. The van der Waals surface area contributed by atoms with E-state index in [-0.39, 0.29) is 0 Å². The fraction of sp³-hybridized carbons (Fsp3) is 0. The van der Waals surface area contributed by atoms with Crippen molar-refractivity contribution in [3.8, 4) is 0 Å². The van der Waals surface area contributed by atoms with Crippen LogP contribution in [0.25, 0.3) is 10.1 Å². The smallest absolute Gasteiger partial charge is 0.0500 e. The Labute approximate surface area is 68.1 Å². The molecule has 0 N–H and O–H groups in total. The van der Waals surface area contributed by atoms with Gasteiger partial charge in [0.15, 0.2) is 0 Å². The second-order valence-electron chi connectivity index (χ2n) is 2.01. The molecule has 0 amide bonds. The molecule has 0 bridgehead atoms. The van der Waals surface area contributed by atoms with Crippen LogP contribution >= 0.6 is 22.9 Å². The van der Waals surface area contributed by atoms with Gasteiger partial charge in [0.2, 0.25) is 0 Å². The molecule has 0 aliphatic rings. The molecule has 0 nitrogen and oxygen atoms in total. The molecule has 1 aromatic heterocycles. The summed E-state index contributed by atoms with van der Waals surface area (Å²) in [4.78, 5) is 0. The van der Waals surface area contributed by atoms with Crippen LogP contribution in [0, 0.1) is 6.07 Å². The van der Waals surface area contributed by atoms with Gasteiger partial charge < -0.3 is 0 Å². The van der Waals surface area contributed by atoms with Gasteiger partial charge in [0.1, 0.15) is 0 Å². The minimum Gasteiger partial charge on any atom is -0.143 e. The van der Waals surface area contributed by atoms with E-state index in [2.05, 4.69) is 12.1 Å². The number of rotatable bonds is 0. The van der Waals surface area contributed by atoms with Crippen molar-refractivity contribution in [2.24, 2.45) is 0 Å². The summed E-state index contributed by atoms with van der Waals surface area (Å²) in [6, 6.07) is 8.98. The van der Waals surface area contributed by atoms with E-state index < -0.39 is 0 Å². The number of benzene rings is 1. The zero-order valence-electron chi connectivity index (χ0n) is 5.10. The Morgan fingerprint density at radius 2 is 2.20 bits per heavy atom. The summed E-state index contributed by atoms with van der Waals surface area (Å²) in [6.45, 7) is 0. The zero-order valence-corrected chi connectivity index (χ0v) is 6.67. The van der Waals surface area contributed by atoms with Crippen LogP contribution in [0.4, 0.5) is 0 Å². The first-order chi connectivity index (χ1) is 4.86. The quantitative estimate of drug-likeness (QED) is 0.565. The lowest BCUT2D eigenvalue weighted by molar-refractivity contribution is 1.83. The van der Waals surface area contributed by atoms with E-state index in [9.17, 15) is 0 Å². The lowest BCUT2D eigenvalue weighted by Crippen LogP contribution is -1.62. The van der Waals surface area contributed by atoms with Crippen molar-refractivity contribution in [2.45, 2.75) is 0 Å². The van der Waals surface area contributed by atoms with Crippen molar-refractivity contribution in [3.63, 3.8) is 0 Å². The Morgan fingerprint density at radius 3 is 3.10 bits per heavy atom. The topological polar surface area (TPSA) is 0 Å². The van der Waals surface area contributed by atoms with Gasteiger partial charge in [-0.05, 0) is 22.9 Å². The minimum atomic E-state index is 0.690. The molecule has 0 atom stereocenters. The van der Waals surface area contributed by atoms with Crippen molar-refractivity contribution >= 4 is 33.0 Å². The molecule has 0 aliphatic heterocycles. The zero-order chi connectivity index (χ0) is 6.97. The van der Waals surface area contributed by atoms with Crippen molar-refractivity contribution in [1.82, 2.24) is 0 Å². The van der Waals surface area contributed by atoms with Crippen LogP contribution in [0.1, 0.15) is 0 Å². The average Bonchev–Trinajstić information content (AvgIpc) is 2.33. The molecule has 1 aromatic carbocycles. The highest BCUT2D eigenvalue weighted by atomic mass is 35.5. The number of hydrogen-bond acceptors (Lipinski definition) is 1. The van der Waals surface area contributed by atoms with Gasteiger partial charge in [-0.1, -0.05) is 17.7 Å². The van der Waals surface area contributed by atoms with Gasteiger partial charge in [-0.15, -0.1) is 11.3 Å². The van der Waals surface area contributed by atoms with Crippen LogP contribution in [0.2, 0.25) is 5.02 Å². The molecular weight excluding hydrogens is 164 g/mol. The summed E-state index contributed by atoms with van der Waals surface area (Å²) in [5.74, 6) is 0. The normalized spacial score (nSPS) is 10.5. The Kier molecular flexibility index (Phi) is 1.40. The molecule has 2 aromatic rings. The molecule has 0 saturated heterocycles. The van der Waals surface area contributed by atoms with Gasteiger partial charge in [-0.3, -0.25) is 0 Å². The number of thiophene rings is 1. The largest absolute Gasteiger partial charge is 0.143 e. The second kappa shape index (κ2) is 2.26. The average molecular weight is 168 g/mol. The summed E-state index contributed by atoms with van der Waals surface area (Å²) in [6.07, 6.45) is 0. The molecular formula is C8H4ClS. The van der Waals surface area contributed by atoms with E-state index in [1.165, 1.54) is 5.39 Å². The van der Waals surface area contributed by atoms with Crippen LogP contribution < -0.4 is 0 Å². The molecule has 0 unspecified atom stereocenters. The predicted octanol–water partition coefficient (Wildman–Crippen LogP) is 3.35. The number of halogens is 1. The van der Waals surface area contributed by atoms with E-state index in [1.807, 2.05) is 17.5 Å². The maximum Gasteiger partial charge on any atom is 0.0500 e. The Bertz CT molecular complexity index is 351. The Hall–Kier alpha value is -0.530. The third-order valence-corrected chi connectivity index (χ3v) is 2.40. The first kappa shape index (κ1) is 6.20. The standard InChI is InChI=1S/C8H4ClS/c9-7-2-1-6-3-4-10-8(6)5-7/h1-4H. The molecule has 1 heterocycles. The summed E-state index contributed by atoms with van der Waals surface area (Å²) in [7, 11) is 0. The minimum absolute atomic E-state index is 0.690. The summed E-state index contributed by atoms with van der Waals surface area (Å²) < 4.78 is 1.13. The van der Waals surface area contributed by atoms with E-state index in [0.29, 0.717) is 5.02 Å². The summed E-state index contributed by atoms with van der Waals surface area (Å²) in [5, 5.41) is 3.95. The molecule has 0 aliphatic carbocycles. The lowest BCUT2D eigenvalue weighted by Gasteiger charge is -1.87. The van der Waals surface area contributed by atoms with Crippen molar-refractivity contribution in [3.05, 3.63) is 34.7 Å². The SMILES string of the molecule is Clc1[c]c2sccc2cc1. The molecule has 10 heavy (non-hydrogen) atoms. The summed E-state index contributed by atoms with van der Waals surface area (Å²) in [5.41, 5.74) is 0. The van der Waals surface area contributed by atoms with E-state index in [4.69, 9.17) is 11.6 Å². The van der Waals surface area contributed by atoms with E-state index >= 15 is 0 Å². The van der Waals surface area contributed by atoms with Gasteiger partial charge in [-0.25, -0.2) is 0 Å². The van der Waals surface area contributed by atoms with Gasteiger partial charge in [0.25, 0.3) is 0 Å². The molecule has 2 heteroatoms. The second-order valence-corrected chi connectivity index (χ2v) is 3.33. The third-order valence-electron chi connectivity index (χ3n) is 1.34. The van der Waals surface area contributed by atoms with Crippen LogP contribution in [0.15, 0.2) is 23.6 Å². The fourth-order valence-corrected chi connectivity index (χ4v) is 1.87. The van der Waals surface area contributed by atoms with Gasteiger partial charge >= 0.3 is 0 Å². The third kappa shape index (κ3) is 0.917. The van der Waals surface area contributed by atoms with Crippen LogP contribution in [-0.4, -0.2) is 0 Å². The first-order valence-electron chi connectivity index (χ1n) is 2.91. The highest BCUT2D eigenvalue weighted by Crippen LogP contribution is 2.22. The van der Waals surface area contributed by atoms with Crippen molar-refractivity contribution in [1.29, 1.82) is 0 Å². The summed E-state index contributed by atoms with van der Waals surface area (Å²) >= 11 is 7.39. The monoisotopic (exact) mass is 167 g/mol. The van der Waals surface area contributed by atoms with E-state index in [0.717, 1.165) is 4.70 Å². The predicted molar refractivity (Wildman–Crippen MR) is 45.7 cm³/mol. The maximum absolute atomic E-state index is 5.73. The maximum atomic E-state index is 5.73. The number of fused-ring (bicyclic) bond motifs is 1. The highest BCUT2D eigenvalue weighted by molar-refractivity contribution is 7.17. The van der Waals surface area contributed by atoms with E-state index in [1.54, 1.807) is 11.3 Å². The molecule has 2 rings (SSSR count). The van der Waals surface area contributed by atoms with Gasteiger partial charge in [0, 0.05) is 15.8 Å². The molecule has 0 fully saturated rings. The van der Waals surface area contributed by atoms with Gasteiger partial charge in [0.05, 0.1) is 0 Å². The fourth-order valence-electron chi connectivity index (χ4n) is 0.865. The van der Waals surface area contributed by atoms with Crippen molar-refractivity contribution < 1.29 is 0 Å². The number of hydrogen-bond donors (Lipinski definition) is 0. The Balaban J connectivity index is 2.86. The van der Waals surface area contributed by atoms with Crippen LogP contribution in [0.5, 0.6) is 0 Å². The first-order valence-corrected chi connectivity index (χ1v) is 4.17. The van der Waals surface area contributed by atoms with Crippen LogP contribution in [0.3, 0.4) is 0 Å². The molecule has 1 radical (unpaired) electrons. The molecule has 0 saturated carbocycles.